The Morgan fingerprint density at radius 1 is 1.08 bits per heavy atom. The number of carboxylic acid groups (broad SMARTS) is 1. The zero-order chi connectivity index (χ0) is 26.7. The van der Waals surface area contributed by atoms with E-state index in [1.807, 2.05) is 36.4 Å². The first-order valence-electron chi connectivity index (χ1n) is 11.3. The number of halogens is 2. The van der Waals surface area contributed by atoms with Crippen LogP contribution < -0.4 is 10.1 Å². The molecule has 1 amide bonds. The van der Waals surface area contributed by atoms with E-state index in [2.05, 4.69) is 5.32 Å². The molecule has 3 aromatic carbocycles. The average molecular weight is 563 g/mol. The SMILES string of the molecule is COc1ccccc1-c1ccc([C@@H](CC(=O)O)NC(=O)[C@@H]2CCN2S(=O)(=O)c2cc(Cl)cc(Cl)c2)cc1. The number of benzene rings is 3. The Morgan fingerprint density at radius 3 is 2.30 bits per heavy atom. The Balaban J connectivity index is 1.54. The molecule has 1 aliphatic rings. The van der Waals surface area contributed by atoms with Gasteiger partial charge in [-0.05, 0) is 41.8 Å². The summed E-state index contributed by atoms with van der Waals surface area (Å²) in [7, 11) is -2.45. The Hall–Kier alpha value is -3.11. The minimum Gasteiger partial charge on any atom is -0.496 e. The maximum atomic E-state index is 13.1. The van der Waals surface area contributed by atoms with Gasteiger partial charge >= 0.3 is 5.97 Å². The molecule has 0 bridgehead atoms. The summed E-state index contributed by atoms with van der Waals surface area (Å²) in [6.07, 6.45) is -0.0744. The van der Waals surface area contributed by atoms with Crippen LogP contribution in [0.5, 0.6) is 5.75 Å². The van der Waals surface area contributed by atoms with Gasteiger partial charge in [0.15, 0.2) is 0 Å². The highest BCUT2D eigenvalue weighted by Gasteiger charge is 2.43. The van der Waals surface area contributed by atoms with Crippen molar-refractivity contribution in [1.82, 2.24) is 9.62 Å². The predicted molar refractivity (Wildman–Crippen MR) is 140 cm³/mol. The summed E-state index contributed by atoms with van der Waals surface area (Å²) in [5.74, 6) is -0.994. The molecule has 8 nitrogen and oxygen atoms in total. The lowest BCUT2D eigenvalue weighted by Crippen LogP contribution is -2.58. The largest absolute Gasteiger partial charge is 0.496 e. The Morgan fingerprint density at radius 2 is 1.73 bits per heavy atom. The summed E-state index contributed by atoms with van der Waals surface area (Å²) >= 11 is 11.9. The fourth-order valence-corrected chi connectivity index (χ4v) is 6.56. The molecule has 1 aliphatic heterocycles. The molecule has 0 unspecified atom stereocenters. The van der Waals surface area contributed by atoms with Gasteiger partial charge in [0.25, 0.3) is 0 Å². The van der Waals surface area contributed by atoms with E-state index >= 15 is 0 Å². The first kappa shape index (κ1) is 26.9. The predicted octanol–water partition coefficient (Wildman–Crippen LogP) is 4.76. The highest BCUT2D eigenvalue weighted by molar-refractivity contribution is 7.89. The van der Waals surface area contributed by atoms with Gasteiger partial charge in [0, 0.05) is 22.2 Å². The first-order valence-corrected chi connectivity index (χ1v) is 13.5. The number of nitrogens with one attached hydrogen (secondary N) is 1. The minimum atomic E-state index is -4.03. The Kier molecular flexibility index (Phi) is 8.08. The minimum absolute atomic E-state index is 0.114. The third-order valence-corrected chi connectivity index (χ3v) is 8.46. The van der Waals surface area contributed by atoms with Gasteiger partial charge in [-0.3, -0.25) is 9.59 Å². The van der Waals surface area contributed by atoms with Crippen LogP contribution in [0.1, 0.15) is 24.4 Å². The van der Waals surface area contributed by atoms with Crippen molar-refractivity contribution in [2.24, 2.45) is 0 Å². The number of carbonyl (C=O) groups is 2. The summed E-state index contributed by atoms with van der Waals surface area (Å²) in [4.78, 5) is 24.6. The van der Waals surface area contributed by atoms with Gasteiger partial charge in [-0.1, -0.05) is 65.7 Å². The number of amides is 1. The lowest BCUT2D eigenvalue weighted by Gasteiger charge is -2.39. The molecule has 194 valence electrons. The van der Waals surface area contributed by atoms with Crippen molar-refractivity contribution in [2.45, 2.75) is 29.8 Å². The van der Waals surface area contributed by atoms with Crippen LogP contribution >= 0.6 is 23.2 Å². The molecule has 2 N–H and O–H groups in total. The van der Waals surface area contributed by atoms with Crippen molar-refractivity contribution < 1.29 is 27.9 Å². The van der Waals surface area contributed by atoms with Crippen LogP contribution in [0.2, 0.25) is 10.0 Å². The molecular weight excluding hydrogens is 539 g/mol. The number of nitrogens with zero attached hydrogens (tertiary/aromatic N) is 1. The Bertz CT molecular complexity index is 1410. The molecule has 2 atom stereocenters. The number of hydrogen-bond donors (Lipinski definition) is 2. The van der Waals surface area contributed by atoms with E-state index in [0.29, 0.717) is 17.7 Å². The summed E-state index contributed by atoms with van der Waals surface area (Å²) in [6, 6.07) is 16.7. The topological polar surface area (TPSA) is 113 Å². The van der Waals surface area contributed by atoms with E-state index in [4.69, 9.17) is 27.9 Å². The number of para-hydroxylation sites is 1. The average Bonchev–Trinajstić information content (AvgIpc) is 2.82. The molecule has 37 heavy (non-hydrogen) atoms. The summed E-state index contributed by atoms with van der Waals surface area (Å²) in [5.41, 5.74) is 2.30. The fraction of sp³-hybridized carbons (Fsp3) is 0.231. The monoisotopic (exact) mass is 562 g/mol. The highest BCUT2D eigenvalue weighted by atomic mass is 35.5. The van der Waals surface area contributed by atoms with Gasteiger partial charge < -0.3 is 15.2 Å². The number of sulfonamides is 1. The van der Waals surface area contributed by atoms with Crippen LogP contribution in [0.15, 0.2) is 71.6 Å². The van der Waals surface area contributed by atoms with Crippen molar-refractivity contribution in [1.29, 1.82) is 0 Å². The first-order chi connectivity index (χ1) is 17.6. The van der Waals surface area contributed by atoms with E-state index < -0.39 is 34.0 Å². The number of methoxy groups -OCH3 is 1. The van der Waals surface area contributed by atoms with Crippen LogP contribution in [0.4, 0.5) is 0 Å². The second-order valence-corrected chi connectivity index (χ2v) is 11.3. The maximum Gasteiger partial charge on any atom is 0.305 e. The lowest BCUT2D eigenvalue weighted by molar-refractivity contribution is -0.138. The lowest BCUT2D eigenvalue weighted by atomic mass is 9.97. The second kappa shape index (κ2) is 11.1. The van der Waals surface area contributed by atoms with Crippen LogP contribution in [0, 0.1) is 0 Å². The molecule has 0 aromatic heterocycles. The van der Waals surface area contributed by atoms with E-state index in [1.165, 1.54) is 18.2 Å². The third kappa shape index (κ3) is 5.91. The number of aliphatic carboxylic acids is 1. The molecule has 11 heteroatoms. The van der Waals surface area contributed by atoms with Gasteiger partial charge in [0.05, 0.1) is 24.5 Å². The van der Waals surface area contributed by atoms with E-state index in [0.717, 1.165) is 15.4 Å². The van der Waals surface area contributed by atoms with Crippen LogP contribution in [-0.2, 0) is 19.6 Å². The fourth-order valence-electron chi connectivity index (χ4n) is 4.20. The maximum absolute atomic E-state index is 13.1. The number of rotatable bonds is 9. The second-order valence-electron chi connectivity index (χ2n) is 8.51. The molecule has 1 fully saturated rings. The van der Waals surface area contributed by atoms with Gasteiger partial charge in [0.2, 0.25) is 15.9 Å². The molecular formula is C26H24Cl2N2O6S. The summed E-state index contributed by atoms with van der Waals surface area (Å²) in [6.45, 7) is 0.141. The number of carboxylic acids is 1. The van der Waals surface area contributed by atoms with Crippen molar-refractivity contribution in [3.63, 3.8) is 0 Å². The Labute approximate surface area is 224 Å². The van der Waals surface area contributed by atoms with E-state index in [-0.39, 0.29) is 27.9 Å². The number of carbonyl (C=O) groups excluding carboxylic acids is 1. The molecule has 0 aliphatic carbocycles. The van der Waals surface area contributed by atoms with Crippen molar-refractivity contribution in [2.75, 3.05) is 13.7 Å². The molecule has 1 heterocycles. The standard InChI is InChI=1S/C26H24Cl2N2O6S/c1-36-24-5-3-2-4-21(24)16-6-8-17(9-7-16)22(15-25(31)32)29-26(33)23-10-11-30(23)37(34,35)20-13-18(27)12-19(28)14-20/h2-9,12-14,22-23H,10-11,15H2,1H3,(H,29,33)(H,31,32)/t22-,23+/m1/s1. The molecule has 1 saturated heterocycles. The number of hydrogen-bond acceptors (Lipinski definition) is 5. The van der Waals surface area contributed by atoms with Gasteiger partial charge in [-0.25, -0.2) is 8.42 Å². The smallest absolute Gasteiger partial charge is 0.305 e. The zero-order valence-electron chi connectivity index (χ0n) is 19.7. The normalized spacial score (nSPS) is 16.5. The molecule has 0 spiro atoms. The van der Waals surface area contributed by atoms with E-state index in [9.17, 15) is 23.1 Å². The zero-order valence-corrected chi connectivity index (χ0v) is 22.1. The van der Waals surface area contributed by atoms with Crippen LogP contribution in [-0.4, -0.2) is 49.4 Å². The highest BCUT2D eigenvalue weighted by Crippen LogP contribution is 2.33. The van der Waals surface area contributed by atoms with Gasteiger partial charge in [0.1, 0.15) is 11.8 Å². The molecule has 0 radical (unpaired) electrons. The van der Waals surface area contributed by atoms with Crippen molar-refractivity contribution in [3.8, 4) is 16.9 Å². The number of ether oxygens (including phenoxy) is 1. The molecule has 3 aromatic rings. The summed E-state index contributed by atoms with van der Waals surface area (Å²) in [5, 5.41) is 12.5. The van der Waals surface area contributed by atoms with Crippen LogP contribution in [0.3, 0.4) is 0 Å². The van der Waals surface area contributed by atoms with Crippen molar-refractivity contribution >= 4 is 45.1 Å². The quantitative estimate of drug-likeness (QED) is 0.388. The molecule has 4 rings (SSSR count). The summed E-state index contributed by atoms with van der Waals surface area (Å²) < 4.78 is 32.7. The van der Waals surface area contributed by atoms with Gasteiger partial charge in [-0.2, -0.15) is 4.31 Å². The third-order valence-electron chi connectivity index (χ3n) is 6.14. The van der Waals surface area contributed by atoms with Gasteiger partial charge in [-0.15, -0.1) is 0 Å². The van der Waals surface area contributed by atoms with Crippen LogP contribution in [0.25, 0.3) is 11.1 Å². The molecule has 0 saturated carbocycles. The van der Waals surface area contributed by atoms with E-state index in [1.54, 1.807) is 19.2 Å². The van der Waals surface area contributed by atoms with Crippen molar-refractivity contribution in [3.05, 3.63) is 82.3 Å².